The van der Waals surface area contributed by atoms with E-state index in [0.29, 0.717) is 5.56 Å². The molecule has 106 valence electrons. The van der Waals surface area contributed by atoms with Crippen molar-refractivity contribution in [3.63, 3.8) is 0 Å². The average molecular weight is 285 g/mol. The summed E-state index contributed by atoms with van der Waals surface area (Å²) < 4.78 is 0. The first kappa shape index (κ1) is 14.1. The lowest BCUT2D eigenvalue weighted by Crippen LogP contribution is -2.17. The van der Waals surface area contributed by atoms with Crippen molar-refractivity contribution in [2.24, 2.45) is 5.10 Å². The maximum atomic E-state index is 11.7. The Labute approximate surface area is 118 Å². The maximum absolute atomic E-state index is 11.7. The number of carbonyl (C=O) groups excluding carboxylic acids is 1. The van der Waals surface area contributed by atoms with E-state index in [1.807, 2.05) is 0 Å². The second kappa shape index (κ2) is 6.24. The fraction of sp³-hybridized carbons (Fsp3) is 0. The normalized spacial score (nSPS) is 10.5. The summed E-state index contributed by atoms with van der Waals surface area (Å²) in [6, 6.07) is 6.84. The van der Waals surface area contributed by atoms with E-state index in [2.05, 4.69) is 15.5 Å². The molecule has 0 saturated heterocycles. The molecule has 0 spiro atoms. The van der Waals surface area contributed by atoms with Gasteiger partial charge in [0.1, 0.15) is 0 Å². The van der Waals surface area contributed by atoms with Crippen molar-refractivity contribution in [3.8, 4) is 5.75 Å². The standard InChI is InChI=1S/C13H10N4O4/c18-12-10(2-1-3-11(12)17(20)21)8-15-16-13(19)9-4-6-14-7-5-9/h1-8,18H,(H,16,19)/p-1/b15-8-. The molecule has 0 bridgehead atoms. The minimum atomic E-state index is -0.769. The van der Waals surface area contributed by atoms with Crippen molar-refractivity contribution in [2.75, 3.05) is 0 Å². The third-order valence-corrected chi connectivity index (χ3v) is 2.53. The minimum absolute atomic E-state index is 0.0132. The number of para-hydroxylation sites is 1. The molecule has 1 aromatic carbocycles. The zero-order valence-electron chi connectivity index (χ0n) is 10.6. The Morgan fingerprint density at radius 2 is 2.00 bits per heavy atom. The summed E-state index contributed by atoms with van der Waals surface area (Å²) in [7, 11) is 0. The summed E-state index contributed by atoms with van der Waals surface area (Å²) in [4.78, 5) is 25.3. The van der Waals surface area contributed by atoms with Crippen LogP contribution in [0.1, 0.15) is 15.9 Å². The van der Waals surface area contributed by atoms with E-state index in [1.165, 1.54) is 36.7 Å². The molecule has 1 N–H and O–H groups in total. The first-order chi connectivity index (χ1) is 10.1. The topological polar surface area (TPSA) is 121 Å². The van der Waals surface area contributed by atoms with Crippen LogP contribution in [-0.2, 0) is 0 Å². The summed E-state index contributed by atoms with van der Waals surface area (Å²) in [5, 5.41) is 25.9. The van der Waals surface area contributed by atoms with E-state index in [9.17, 15) is 20.0 Å². The minimum Gasteiger partial charge on any atom is -0.867 e. The van der Waals surface area contributed by atoms with Crippen molar-refractivity contribution in [3.05, 3.63) is 64.0 Å². The second-order valence-electron chi connectivity index (χ2n) is 3.89. The van der Waals surface area contributed by atoms with Gasteiger partial charge in [-0.1, -0.05) is 12.1 Å². The highest BCUT2D eigenvalue weighted by atomic mass is 16.6. The maximum Gasteiger partial charge on any atom is 0.271 e. The van der Waals surface area contributed by atoms with E-state index in [4.69, 9.17) is 0 Å². The lowest BCUT2D eigenvalue weighted by molar-refractivity contribution is -0.398. The Hall–Kier alpha value is -3.29. The number of nitrogens with zero attached hydrogens (tertiary/aromatic N) is 3. The zero-order chi connectivity index (χ0) is 15.2. The average Bonchev–Trinajstić information content (AvgIpc) is 2.49. The number of benzene rings is 1. The van der Waals surface area contributed by atoms with Crippen LogP contribution in [0, 0.1) is 10.1 Å². The van der Waals surface area contributed by atoms with Crippen molar-refractivity contribution in [1.29, 1.82) is 0 Å². The predicted molar refractivity (Wildman–Crippen MR) is 71.8 cm³/mol. The number of hydrogen-bond acceptors (Lipinski definition) is 6. The van der Waals surface area contributed by atoms with E-state index in [1.54, 1.807) is 0 Å². The number of aromatic nitrogens is 1. The first-order valence-electron chi connectivity index (χ1n) is 5.77. The quantitative estimate of drug-likeness (QED) is 0.506. The molecule has 1 aromatic heterocycles. The number of pyridine rings is 1. The molecule has 0 atom stereocenters. The van der Waals surface area contributed by atoms with Crippen molar-refractivity contribution >= 4 is 17.8 Å². The van der Waals surface area contributed by atoms with E-state index in [-0.39, 0.29) is 5.56 Å². The van der Waals surface area contributed by atoms with Gasteiger partial charge in [-0.25, -0.2) is 5.43 Å². The summed E-state index contributed by atoms with van der Waals surface area (Å²) in [6.45, 7) is 0. The predicted octanol–water partition coefficient (Wildman–Crippen LogP) is 0.827. The molecule has 1 heterocycles. The van der Waals surface area contributed by atoms with Crippen molar-refractivity contribution in [1.82, 2.24) is 10.4 Å². The van der Waals surface area contributed by atoms with Gasteiger partial charge in [-0.2, -0.15) is 5.10 Å². The molecule has 0 unspecified atom stereocenters. The largest absolute Gasteiger partial charge is 0.867 e. The Bertz CT molecular complexity index is 701. The Balaban J connectivity index is 2.10. The fourth-order valence-electron chi connectivity index (χ4n) is 1.52. The van der Waals surface area contributed by atoms with Gasteiger partial charge in [0.25, 0.3) is 11.6 Å². The lowest BCUT2D eigenvalue weighted by Gasteiger charge is -2.09. The number of carbonyl (C=O) groups is 1. The number of hydrazone groups is 1. The number of rotatable bonds is 4. The van der Waals surface area contributed by atoms with Crippen LogP contribution in [0.5, 0.6) is 5.75 Å². The van der Waals surface area contributed by atoms with Crippen LogP contribution in [0.2, 0.25) is 0 Å². The van der Waals surface area contributed by atoms with E-state index in [0.717, 1.165) is 12.3 Å². The van der Waals surface area contributed by atoms with Gasteiger partial charge in [0.05, 0.1) is 11.1 Å². The summed E-state index contributed by atoms with van der Waals surface area (Å²) in [5.41, 5.74) is 2.04. The van der Waals surface area contributed by atoms with Crippen LogP contribution in [-0.4, -0.2) is 22.0 Å². The van der Waals surface area contributed by atoms with Gasteiger partial charge >= 0.3 is 0 Å². The molecule has 0 saturated carbocycles. The molecule has 8 heteroatoms. The highest BCUT2D eigenvalue weighted by Crippen LogP contribution is 2.24. The third kappa shape index (κ3) is 3.38. The summed E-state index contributed by atoms with van der Waals surface area (Å²) >= 11 is 0. The van der Waals surface area contributed by atoms with E-state index < -0.39 is 22.3 Å². The molecule has 8 nitrogen and oxygen atoms in total. The van der Waals surface area contributed by atoms with Gasteiger partial charge in [-0.05, 0) is 23.4 Å². The second-order valence-corrected chi connectivity index (χ2v) is 3.89. The number of nitro benzene ring substituents is 1. The van der Waals surface area contributed by atoms with Gasteiger partial charge in [-0.15, -0.1) is 0 Å². The van der Waals surface area contributed by atoms with Crippen LogP contribution in [0.25, 0.3) is 0 Å². The Morgan fingerprint density at radius 1 is 1.29 bits per heavy atom. The molecule has 21 heavy (non-hydrogen) atoms. The Morgan fingerprint density at radius 3 is 2.67 bits per heavy atom. The molecule has 0 aliphatic carbocycles. The highest BCUT2D eigenvalue weighted by Gasteiger charge is 2.08. The zero-order valence-corrected chi connectivity index (χ0v) is 10.6. The molecule has 2 rings (SSSR count). The number of nitro groups is 1. The van der Waals surface area contributed by atoms with Gasteiger partial charge in [0, 0.05) is 24.0 Å². The summed E-state index contributed by atoms with van der Waals surface area (Å²) in [6.07, 6.45) is 3.97. The van der Waals surface area contributed by atoms with Gasteiger partial charge in [0.15, 0.2) is 0 Å². The molecule has 0 aliphatic heterocycles. The molecule has 1 amide bonds. The van der Waals surface area contributed by atoms with E-state index >= 15 is 0 Å². The fourth-order valence-corrected chi connectivity index (χ4v) is 1.52. The van der Waals surface area contributed by atoms with Gasteiger partial charge in [0.2, 0.25) is 0 Å². The Kier molecular flexibility index (Phi) is 4.20. The molecular formula is C13H9N4O4-. The summed E-state index contributed by atoms with van der Waals surface area (Å²) in [5.74, 6) is -1.24. The van der Waals surface area contributed by atoms with Crippen LogP contribution in [0.4, 0.5) is 5.69 Å². The van der Waals surface area contributed by atoms with Crippen LogP contribution < -0.4 is 10.5 Å². The van der Waals surface area contributed by atoms with Crippen LogP contribution in [0.3, 0.4) is 0 Å². The molecule has 0 radical (unpaired) electrons. The molecule has 0 fully saturated rings. The van der Waals surface area contributed by atoms with Crippen molar-refractivity contribution < 1.29 is 14.8 Å². The van der Waals surface area contributed by atoms with Crippen LogP contribution >= 0.6 is 0 Å². The molecule has 2 aromatic rings. The third-order valence-electron chi connectivity index (χ3n) is 2.53. The van der Waals surface area contributed by atoms with Crippen molar-refractivity contribution in [2.45, 2.75) is 0 Å². The molecule has 0 aliphatic rings. The van der Waals surface area contributed by atoms with Gasteiger partial charge < -0.3 is 5.11 Å². The number of hydrogen-bond donors (Lipinski definition) is 1. The SMILES string of the molecule is O=C(N/N=C\c1cccc([N+](=O)[O-])c1[O-])c1ccncc1. The molecular weight excluding hydrogens is 276 g/mol. The monoisotopic (exact) mass is 285 g/mol. The smallest absolute Gasteiger partial charge is 0.271 e. The number of nitrogens with one attached hydrogen (secondary N) is 1. The lowest BCUT2D eigenvalue weighted by atomic mass is 10.2. The van der Waals surface area contributed by atoms with Gasteiger partial charge in [-0.3, -0.25) is 19.9 Å². The number of amides is 1. The van der Waals surface area contributed by atoms with Crippen LogP contribution in [0.15, 0.2) is 47.8 Å². The first-order valence-corrected chi connectivity index (χ1v) is 5.77. The highest BCUT2D eigenvalue weighted by molar-refractivity contribution is 5.95.